The van der Waals surface area contributed by atoms with E-state index in [4.69, 9.17) is 9.15 Å². The van der Waals surface area contributed by atoms with Crippen LogP contribution in [0.2, 0.25) is 0 Å². The molecule has 5 nitrogen and oxygen atoms in total. The molecule has 0 spiro atoms. The van der Waals surface area contributed by atoms with Crippen molar-refractivity contribution in [2.24, 2.45) is 5.10 Å². The zero-order valence-electron chi connectivity index (χ0n) is 10.8. The van der Waals surface area contributed by atoms with Crippen LogP contribution in [-0.2, 0) is 4.79 Å². The smallest absolute Gasteiger partial charge is 0.277 e. The number of aryl methyl sites for hydroxylation is 1. The molecule has 1 heterocycles. The van der Waals surface area contributed by atoms with Gasteiger partial charge in [-0.1, -0.05) is 0 Å². The topological polar surface area (TPSA) is 63.8 Å². The second-order valence-electron chi connectivity index (χ2n) is 3.98. The third kappa shape index (κ3) is 4.69. The van der Waals surface area contributed by atoms with Crippen molar-refractivity contribution in [3.8, 4) is 5.75 Å². The van der Waals surface area contributed by atoms with Gasteiger partial charge in [0.15, 0.2) is 6.61 Å². The lowest BCUT2D eigenvalue weighted by molar-refractivity contribution is -0.123. The predicted octanol–water partition coefficient (Wildman–Crippen LogP) is 2.72. The quantitative estimate of drug-likeness (QED) is 0.490. The van der Waals surface area contributed by atoms with Gasteiger partial charge in [0.05, 0.1) is 6.21 Å². The largest absolute Gasteiger partial charge is 0.484 e. The zero-order valence-corrected chi connectivity index (χ0v) is 13.0. The van der Waals surface area contributed by atoms with E-state index < -0.39 is 0 Å². The Bertz CT molecular complexity index is 605. The van der Waals surface area contributed by atoms with Gasteiger partial charge < -0.3 is 9.15 Å². The van der Waals surface area contributed by atoms with Crippen molar-refractivity contribution in [2.75, 3.05) is 6.61 Å². The van der Waals surface area contributed by atoms with E-state index in [2.05, 4.69) is 33.1 Å². The Balaban J connectivity index is 1.75. The van der Waals surface area contributed by atoms with Crippen LogP contribution in [0.15, 0.2) is 45.9 Å². The van der Waals surface area contributed by atoms with Crippen molar-refractivity contribution >= 4 is 34.7 Å². The summed E-state index contributed by atoms with van der Waals surface area (Å²) in [4.78, 5) is 11.5. The van der Waals surface area contributed by atoms with Crippen molar-refractivity contribution in [2.45, 2.75) is 6.92 Å². The number of nitrogens with zero attached hydrogens (tertiary/aromatic N) is 1. The molecule has 2 aromatic rings. The Morgan fingerprint density at radius 3 is 2.75 bits per heavy atom. The molecule has 0 aliphatic rings. The molecule has 1 aromatic carbocycles. The molecular weight excluding hydrogens is 371 g/mol. The fraction of sp³-hybridized carbons (Fsp3) is 0.143. The number of rotatable bonds is 5. The normalized spacial score (nSPS) is 10.7. The van der Waals surface area contributed by atoms with E-state index in [1.165, 1.54) is 6.21 Å². The standard InChI is InChI=1S/C14H13IN2O3/c1-10-2-5-13(20-10)8-16-17-14(18)9-19-12-6-3-11(15)4-7-12/h2-8H,9H2,1H3,(H,17,18). The molecule has 20 heavy (non-hydrogen) atoms. The molecule has 104 valence electrons. The van der Waals surface area contributed by atoms with E-state index in [1.807, 2.05) is 37.3 Å². The van der Waals surface area contributed by atoms with Gasteiger partial charge in [0.25, 0.3) is 5.91 Å². The molecule has 0 bridgehead atoms. The maximum Gasteiger partial charge on any atom is 0.277 e. The van der Waals surface area contributed by atoms with Crippen molar-refractivity contribution < 1.29 is 13.9 Å². The number of hydrogen-bond donors (Lipinski definition) is 1. The second kappa shape index (κ2) is 7.09. The maximum atomic E-state index is 11.5. The molecule has 2 rings (SSSR count). The average Bonchev–Trinajstić information content (AvgIpc) is 2.84. The number of amides is 1. The Morgan fingerprint density at radius 2 is 2.10 bits per heavy atom. The minimum absolute atomic E-state index is 0.0882. The first kappa shape index (κ1) is 14.6. The van der Waals surface area contributed by atoms with Gasteiger partial charge in [-0.05, 0) is 65.9 Å². The van der Waals surface area contributed by atoms with Crippen LogP contribution in [0.4, 0.5) is 0 Å². The summed E-state index contributed by atoms with van der Waals surface area (Å²) in [5, 5.41) is 3.78. The van der Waals surface area contributed by atoms with Crippen LogP contribution in [0.3, 0.4) is 0 Å². The number of furan rings is 1. The number of hydrazone groups is 1. The summed E-state index contributed by atoms with van der Waals surface area (Å²) >= 11 is 2.20. The lowest BCUT2D eigenvalue weighted by Gasteiger charge is -2.04. The van der Waals surface area contributed by atoms with Crippen molar-refractivity contribution in [3.63, 3.8) is 0 Å². The first-order chi connectivity index (χ1) is 9.63. The van der Waals surface area contributed by atoms with Crippen molar-refractivity contribution in [1.82, 2.24) is 5.43 Å². The maximum absolute atomic E-state index is 11.5. The van der Waals surface area contributed by atoms with E-state index in [0.29, 0.717) is 11.5 Å². The van der Waals surface area contributed by atoms with Gasteiger partial charge in [-0.2, -0.15) is 5.10 Å². The second-order valence-corrected chi connectivity index (χ2v) is 5.23. The van der Waals surface area contributed by atoms with Crippen LogP contribution in [0.25, 0.3) is 0 Å². The summed E-state index contributed by atoms with van der Waals surface area (Å²) < 4.78 is 11.7. The van der Waals surface area contributed by atoms with E-state index in [-0.39, 0.29) is 12.5 Å². The first-order valence-electron chi connectivity index (χ1n) is 5.90. The van der Waals surface area contributed by atoms with Gasteiger partial charge in [-0.15, -0.1) is 0 Å². The van der Waals surface area contributed by atoms with Crippen molar-refractivity contribution in [1.29, 1.82) is 0 Å². The molecule has 0 fully saturated rings. The summed E-state index contributed by atoms with van der Waals surface area (Å²) in [7, 11) is 0. The minimum atomic E-state index is -0.330. The van der Waals surface area contributed by atoms with Gasteiger partial charge in [0.2, 0.25) is 0 Å². The Kier molecular flexibility index (Phi) is 5.16. The SMILES string of the molecule is Cc1ccc(C=NNC(=O)COc2ccc(I)cc2)o1. The van der Waals surface area contributed by atoms with E-state index in [0.717, 1.165) is 9.33 Å². The molecule has 0 saturated carbocycles. The van der Waals surface area contributed by atoms with Crippen LogP contribution in [-0.4, -0.2) is 18.7 Å². The molecule has 0 atom stereocenters. The fourth-order valence-electron chi connectivity index (χ4n) is 1.40. The average molecular weight is 384 g/mol. The molecular formula is C14H13IN2O3. The molecule has 1 N–H and O–H groups in total. The Labute approximate surface area is 130 Å². The molecule has 0 saturated heterocycles. The van der Waals surface area contributed by atoms with Crippen LogP contribution in [0, 0.1) is 10.5 Å². The summed E-state index contributed by atoms with van der Waals surface area (Å²) in [6.45, 7) is 1.75. The number of halogens is 1. The number of carbonyl (C=O) groups is 1. The van der Waals surface area contributed by atoms with Gasteiger partial charge in [0.1, 0.15) is 17.3 Å². The van der Waals surface area contributed by atoms with Crippen LogP contribution in [0.1, 0.15) is 11.5 Å². The highest BCUT2D eigenvalue weighted by atomic mass is 127. The number of hydrogen-bond acceptors (Lipinski definition) is 4. The van der Waals surface area contributed by atoms with Gasteiger partial charge in [-0.3, -0.25) is 4.79 Å². The molecule has 1 amide bonds. The molecule has 6 heteroatoms. The Morgan fingerprint density at radius 1 is 1.35 bits per heavy atom. The summed E-state index contributed by atoms with van der Waals surface area (Å²) in [5.74, 6) is 1.69. The summed E-state index contributed by atoms with van der Waals surface area (Å²) in [5.41, 5.74) is 2.37. The van der Waals surface area contributed by atoms with Gasteiger partial charge in [-0.25, -0.2) is 5.43 Å². The Hall–Kier alpha value is -1.83. The first-order valence-corrected chi connectivity index (χ1v) is 6.98. The van der Waals surface area contributed by atoms with Gasteiger partial charge in [0, 0.05) is 3.57 Å². The molecule has 0 aliphatic heterocycles. The van der Waals surface area contributed by atoms with E-state index >= 15 is 0 Å². The monoisotopic (exact) mass is 384 g/mol. The number of benzene rings is 1. The summed E-state index contributed by atoms with van der Waals surface area (Å²) in [6, 6.07) is 11.0. The van der Waals surface area contributed by atoms with E-state index in [1.54, 1.807) is 6.07 Å². The highest BCUT2D eigenvalue weighted by Gasteiger charge is 2.01. The van der Waals surface area contributed by atoms with E-state index in [9.17, 15) is 4.79 Å². The molecule has 0 unspecified atom stereocenters. The van der Waals surface area contributed by atoms with Crippen LogP contribution >= 0.6 is 22.6 Å². The fourth-order valence-corrected chi connectivity index (χ4v) is 1.76. The number of nitrogens with one attached hydrogen (secondary N) is 1. The zero-order chi connectivity index (χ0) is 14.4. The molecule has 0 aliphatic carbocycles. The minimum Gasteiger partial charge on any atom is -0.484 e. The molecule has 1 aromatic heterocycles. The molecule has 0 radical (unpaired) electrons. The van der Waals surface area contributed by atoms with Gasteiger partial charge >= 0.3 is 0 Å². The number of carbonyl (C=O) groups excluding carboxylic acids is 1. The van der Waals surface area contributed by atoms with Crippen LogP contribution < -0.4 is 10.2 Å². The third-order valence-electron chi connectivity index (χ3n) is 2.33. The third-order valence-corrected chi connectivity index (χ3v) is 3.04. The highest BCUT2D eigenvalue weighted by molar-refractivity contribution is 14.1. The predicted molar refractivity (Wildman–Crippen MR) is 83.8 cm³/mol. The van der Waals surface area contributed by atoms with Crippen LogP contribution in [0.5, 0.6) is 5.75 Å². The van der Waals surface area contributed by atoms with Crippen molar-refractivity contribution in [3.05, 3.63) is 51.5 Å². The lowest BCUT2D eigenvalue weighted by atomic mass is 10.3. The summed E-state index contributed by atoms with van der Waals surface area (Å²) in [6.07, 6.45) is 1.44. The highest BCUT2D eigenvalue weighted by Crippen LogP contribution is 2.13. The number of ether oxygens (including phenoxy) is 1. The lowest BCUT2D eigenvalue weighted by Crippen LogP contribution is -2.24.